The highest BCUT2D eigenvalue weighted by Crippen LogP contribution is 2.17. The Hall–Kier alpha value is -1.92. The first kappa shape index (κ1) is 72.1. The summed E-state index contributed by atoms with van der Waals surface area (Å²) in [5.74, 6) is -0.0702. The van der Waals surface area contributed by atoms with Crippen LogP contribution in [0.1, 0.15) is 361 Å². The molecule has 0 spiro atoms. The number of carbonyl (C=O) groups is 2. The monoisotopic (exact) mass is 1040 g/mol. The van der Waals surface area contributed by atoms with Crippen molar-refractivity contribution in [2.75, 3.05) is 13.2 Å². The topological polar surface area (TPSA) is 95.9 Å². The summed E-state index contributed by atoms with van der Waals surface area (Å²) in [4.78, 5) is 24.6. The van der Waals surface area contributed by atoms with Gasteiger partial charge in [0.1, 0.15) is 0 Å². The van der Waals surface area contributed by atoms with Gasteiger partial charge in [-0.25, -0.2) is 0 Å². The maximum absolute atomic E-state index is 12.5. The van der Waals surface area contributed by atoms with Gasteiger partial charge < -0.3 is 20.3 Å². The van der Waals surface area contributed by atoms with Crippen LogP contribution in [0.2, 0.25) is 0 Å². The molecule has 3 N–H and O–H groups in total. The lowest BCUT2D eigenvalue weighted by molar-refractivity contribution is -0.143. The van der Waals surface area contributed by atoms with E-state index < -0.39 is 12.1 Å². The third-order valence-corrected chi connectivity index (χ3v) is 15.4. The molecule has 0 heterocycles. The van der Waals surface area contributed by atoms with Gasteiger partial charge in [-0.2, -0.15) is 0 Å². The van der Waals surface area contributed by atoms with Crippen LogP contribution < -0.4 is 5.32 Å². The van der Waals surface area contributed by atoms with E-state index in [1.165, 1.54) is 283 Å². The molecule has 0 fully saturated rings. The van der Waals surface area contributed by atoms with Crippen molar-refractivity contribution < 1.29 is 24.5 Å². The van der Waals surface area contributed by atoms with Crippen molar-refractivity contribution in [1.82, 2.24) is 5.32 Å². The largest absolute Gasteiger partial charge is 0.466 e. The molecule has 0 rings (SSSR count). The minimum absolute atomic E-state index is 0.00233. The van der Waals surface area contributed by atoms with E-state index in [1.54, 1.807) is 6.08 Å². The Balaban J connectivity index is 3.44. The lowest BCUT2D eigenvalue weighted by Crippen LogP contribution is -2.45. The van der Waals surface area contributed by atoms with E-state index in [9.17, 15) is 19.8 Å². The van der Waals surface area contributed by atoms with Crippen LogP contribution in [0.5, 0.6) is 0 Å². The van der Waals surface area contributed by atoms with Crippen molar-refractivity contribution >= 4 is 11.9 Å². The van der Waals surface area contributed by atoms with E-state index in [0.29, 0.717) is 19.4 Å². The van der Waals surface area contributed by atoms with E-state index in [2.05, 4.69) is 43.5 Å². The quantitative estimate of drug-likeness (QED) is 0.0320. The Kier molecular flexibility index (Phi) is 62.0. The zero-order valence-electron chi connectivity index (χ0n) is 49.8. The number of aliphatic hydroxyl groups is 2. The van der Waals surface area contributed by atoms with Crippen LogP contribution in [-0.2, 0) is 14.3 Å². The molecule has 0 bridgehead atoms. The van der Waals surface area contributed by atoms with Crippen molar-refractivity contribution in [1.29, 1.82) is 0 Å². The van der Waals surface area contributed by atoms with Gasteiger partial charge in [0.05, 0.1) is 25.4 Å². The van der Waals surface area contributed by atoms with Gasteiger partial charge in [0.15, 0.2) is 0 Å². The maximum atomic E-state index is 12.5. The predicted molar refractivity (Wildman–Crippen MR) is 324 cm³/mol. The predicted octanol–water partition coefficient (Wildman–Crippen LogP) is 21.1. The van der Waals surface area contributed by atoms with Crippen LogP contribution in [0.15, 0.2) is 36.5 Å². The zero-order chi connectivity index (χ0) is 53.6. The lowest BCUT2D eigenvalue weighted by atomic mass is 10.0. The summed E-state index contributed by atoms with van der Waals surface area (Å²) in [5, 5.41) is 23.2. The van der Waals surface area contributed by atoms with E-state index >= 15 is 0 Å². The number of allylic oxidation sites excluding steroid dienone is 5. The van der Waals surface area contributed by atoms with Crippen LogP contribution in [0.3, 0.4) is 0 Å². The van der Waals surface area contributed by atoms with Gasteiger partial charge in [0.25, 0.3) is 0 Å². The van der Waals surface area contributed by atoms with Gasteiger partial charge in [-0.05, 0) is 83.5 Å². The highest BCUT2D eigenvalue weighted by atomic mass is 16.5. The summed E-state index contributed by atoms with van der Waals surface area (Å²) >= 11 is 0. The highest BCUT2D eigenvalue weighted by molar-refractivity contribution is 5.76. The number of amides is 1. The molecule has 0 aromatic carbocycles. The number of hydrogen-bond acceptors (Lipinski definition) is 5. The standard InChI is InChI=1S/C68H129NO5/c1-3-5-7-9-11-13-15-17-19-21-26-29-32-36-40-44-48-52-56-60-66(71)65(64-70)69-67(72)61-57-53-49-45-41-37-33-30-27-24-22-23-25-28-31-35-39-43-47-51-55-59-63-74-68(73)62-58-54-50-46-42-38-34-20-18-16-14-12-10-8-6-4-2/h20,24,27,34,56,60,65-66,70-71H,3-19,21-23,25-26,28-33,35-55,57-59,61-64H2,1-2H3,(H,69,72)/b27-24-,34-20-,60-56+. The van der Waals surface area contributed by atoms with Crippen molar-refractivity contribution in [3.05, 3.63) is 36.5 Å². The molecule has 74 heavy (non-hydrogen) atoms. The molecule has 0 saturated heterocycles. The Morgan fingerprint density at radius 1 is 0.365 bits per heavy atom. The fourth-order valence-electron chi connectivity index (χ4n) is 10.3. The number of nitrogens with one attached hydrogen (secondary N) is 1. The van der Waals surface area contributed by atoms with Crippen molar-refractivity contribution in [3.63, 3.8) is 0 Å². The number of carbonyl (C=O) groups excluding carboxylic acids is 2. The van der Waals surface area contributed by atoms with Gasteiger partial charge in [-0.1, -0.05) is 301 Å². The van der Waals surface area contributed by atoms with Gasteiger partial charge in [0, 0.05) is 12.8 Å². The third-order valence-electron chi connectivity index (χ3n) is 15.4. The lowest BCUT2D eigenvalue weighted by Gasteiger charge is -2.20. The normalized spacial score (nSPS) is 12.8. The van der Waals surface area contributed by atoms with Gasteiger partial charge in [-0.15, -0.1) is 0 Å². The molecule has 0 aromatic heterocycles. The van der Waals surface area contributed by atoms with Crippen molar-refractivity contribution in [3.8, 4) is 0 Å². The number of esters is 1. The Labute approximate surface area is 462 Å². The van der Waals surface area contributed by atoms with Gasteiger partial charge >= 0.3 is 5.97 Å². The first-order chi connectivity index (χ1) is 36.5. The van der Waals surface area contributed by atoms with Crippen LogP contribution in [0.25, 0.3) is 0 Å². The van der Waals surface area contributed by atoms with E-state index in [4.69, 9.17) is 4.74 Å². The second-order valence-electron chi connectivity index (χ2n) is 22.8. The average Bonchev–Trinajstić information content (AvgIpc) is 3.40. The molecule has 2 atom stereocenters. The molecule has 2 unspecified atom stereocenters. The molecular weight excluding hydrogens is 911 g/mol. The molecule has 436 valence electrons. The average molecular weight is 1040 g/mol. The van der Waals surface area contributed by atoms with E-state index in [0.717, 1.165) is 51.4 Å². The molecule has 0 aliphatic heterocycles. The molecule has 0 aromatic rings. The second kappa shape index (κ2) is 63.6. The molecule has 0 saturated carbocycles. The number of unbranched alkanes of at least 4 members (excludes halogenated alkanes) is 47. The highest BCUT2D eigenvalue weighted by Gasteiger charge is 2.18. The summed E-state index contributed by atoms with van der Waals surface area (Å²) in [7, 11) is 0. The molecule has 6 heteroatoms. The summed E-state index contributed by atoms with van der Waals surface area (Å²) in [6.07, 6.45) is 80.5. The van der Waals surface area contributed by atoms with Crippen LogP contribution in [-0.4, -0.2) is 47.4 Å². The summed E-state index contributed by atoms with van der Waals surface area (Å²) in [6.45, 7) is 4.92. The number of aliphatic hydroxyl groups excluding tert-OH is 2. The third kappa shape index (κ3) is 59.3. The molecule has 6 nitrogen and oxygen atoms in total. The SMILES string of the molecule is CCCCCCCCC/C=C\CCCCCCCC(=O)OCCCCCCCCCCCCC/C=C\CCCCCCCCCC(=O)NC(CO)C(O)/C=C/CCCCCCCCCCCCCCCCCCC. The molecule has 0 radical (unpaired) electrons. The Morgan fingerprint density at radius 2 is 0.635 bits per heavy atom. The first-order valence-electron chi connectivity index (χ1n) is 33.3. The Morgan fingerprint density at radius 3 is 0.959 bits per heavy atom. The number of hydrogen-bond donors (Lipinski definition) is 3. The van der Waals surface area contributed by atoms with Crippen molar-refractivity contribution in [2.45, 2.75) is 373 Å². The van der Waals surface area contributed by atoms with E-state index in [1.807, 2.05) is 6.08 Å². The number of ether oxygens (including phenoxy) is 1. The molecule has 1 amide bonds. The molecular formula is C68H129NO5. The van der Waals surface area contributed by atoms with E-state index in [-0.39, 0.29) is 18.5 Å². The smallest absolute Gasteiger partial charge is 0.305 e. The van der Waals surface area contributed by atoms with Crippen LogP contribution in [0, 0.1) is 0 Å². The summed E-state index contributed by atoms with van der Waals surface area (Å²) < 4.78 is 5.49. The minimum Gasteiger partial charge on any atom is -0.466 e. The fraction of sp³-hybridized carbons (Fsp3) is 0.882. The number of rotatable bonds is 62. The fourth-order valence-corrected chi connectivity index (χ4v) is 10.3. The molecule has 0 aliphatic rings. The maximum Gasteiger partial charge on any atom is 0.305 e. The summed E-state index contributed by atoms with van der Waals surface area (Å²) in [6, 6.07) is -0.634. The Bertz CT molecular complexity index is 1200. The van der Waals surface area contributed by atoms with Crippen LogP contribution >= 0.6 is 0 Å². The minimum atomic E-state index is -0.850. The molecule has 0 aliphatic carbocycles. The van der Waals surface area contributed by atoms with Gasteiger partial charge in [0.2, 0.25) is 5.91 Å². The zero-order valence-corrected chi connectivity index (χ0v) is 49.8. The first-order valence-corrected chi connectivity index (χ1v) is 33.3. The van der Waals surface area contributed by atoms with Crippen molar-refractivity contribution in [2.24, 2.45) is 0 Å². The second-order valence-corrected chi connectivity index (χ2v) is 22.8. The van der Waals surface area contributed by atoms with Gasteiger partial charge in [-0.3, -0.25) is 9.59 Å². The van der Waals surface area contributed by atoms with Crippen LogP contribution in [0.4, 0.5) is 0 Å². The summed E-state index contributed by atoms with van der Waals surface area (Å²) in [5.41, 5.74) is 0.